The molecule has 3 rings (SSSR count). The number of hydrogen-bond donors (Lipinski definition) is 1. The molecule has 0 saturated heterocycles. The number of rotatable bonds is 6. The number of aliphatic carboxylic acids is 1. The van der Waals surface area contributed by atoms with Gasteiger partial charge in [-0.3, -0.25) is 9.36 Å². The molecule has 0 saturated carbocycles. The second-order valence-corrected chi connectivity index (χ2v) is 6.38. The normalized spacial score (nSPS) is 12.6. The van der Waals surface area contributed by atoms with Crippen molar-refractivity contribution in [2.75, 3.05) is 0 Å². The molecule has 0 aliphatic heterocycles. The van der Waals surface area contributed by atoms with Gasteiger partial charge in [0.2, 0.25) is 0 Å². The van der Waals surface area contributed by atoms with Gasteiger partial charge in [0.05, 0.1) is 11.6 Å². The van der Waals surface area contributed by atoms with E-state index < -0.39 is 12.0 Å². The zero-order valence-electron chi connectivity index (χ0n) is 13.5. The minimum atomic E-state index is -1.02. The number of furan rings is 1. The summed E-state index contributed by atoms with van der Waals surface area (Å²) in [5.41, 5.74) is 0.347. The van der Waals surface area contributed by atoms with Gasteiger partial charge < -0.3 is 9.52 Å². The first kappa shape index (κ1) is 16.4. The van der Waals surface area contributed by atoms with Crippen molar-refractivity contribution in [1.82, 2.24) is 9.55 Å². The fourth-order valence-corrected chi connectivity index (χ4v) is 3.78. The van der Waals surface area contributed by atoms with Gasteiger partial charge in [0, 0.05) is 17.4 Å². The number of aromatic nitrogens is 2. The van der Waals surface area contributed by atoms with Gasteiger partial charge in [-0.2, -0.15) is 0 Å². The van der Waals surface area contributed by atoms with Crippen LogP contribution in [0.25, 0.3) is 21.5 Å². The van der Waals surface area contributed by atoms with E-state index in [2.05, 4.69) is 4.98 Å². The maximum absolute atomic E-state index is 13.1. The monoisotopic (exact) mass is 346 g/mol. The van der Waals surface area contributed by atoms with Crippen LogP contribution < -0.4 is 5.56 Å². The second kappa shape index (κ2) is 6.60. The number of hydrogen-bond acceptors (Lipinski definition) is 5. The summed E-state index contributed by atoms with van der Waals surface area (Å²) in [4.78, 5) is 30.0. The predicted molar refractivity (Wildman–Crippen MR) is 92.5 cm³/mol. The summed E-state index contributed by atoms with van der Waals surface area (Å²) in [6.45, 7) is 3.73. The fourth-order valence-electron chi connectivity index (χ4n) is 2.85. The highest BCUT2D eigenvalue weighted by atomic mass is 32.1. The highest BCUT2D eigenvalue weighted by Gasteiger charge is 2.25. The lowest BCUT2D eigenvalue weighted by atomic mass is 10.1. The molecule has 1 unspecified atom stereocenters. The molecular weight excluding hydrogens is 328 g/mol. The van der Waals surface area contributed by atoms with Crippen molar-refractivity contribution in [3.05, 3.63) is 40.0 Å². The van der Waals surface area contributed by atoms with Gasteiger partial charge in [0.25, 0.3) is 5.56 Å². The number of nitrogens with zero attached hydrogens (tertiary/aromatic N) is 2. The average molecular weight is 346 g/mol. The smallest absolute Gasteiger partial charge is 0.326 e. The molecule has 3 heterocycles. The van der Waals surface area contributed by atoms with Gasteiger partial charge in [0.1, 0.15) is 22.5 Å². The standard InChI is InChI=1S/C17H18N2O4S/c1-3-6-13-18-15-14(10(9-24-15)12-7-5-8-23-12)16(20)19(13)11(4-2)17(21)22/h5,7-9,11H,3-4,6H2,1-2H3,(H,21,22). The number of fused-ring (bicyclic) bond motifs is 1. The van der Waals surface area contributed by atoms with Gasteiger partial charge in [-0.05, 0) is 25.0 Å². The van der Waals surface area contributed by atoms with Crippen LogP contribution in [0.3, 0.4) is 0 Å². The summed E-state index contributed by atoms with van der Waals surface area (Å²) in [5, 5.41) is 11.8. The molecular formula is C17H18N2O4S. The van der Waals surface area contributed by atoms with Gasteiger partial charge in [-0.25, -0.2) is 9.78 Å². The molecule has 1 atom stereocenters. The highest BCUT2D eigenvalue weighted by Crippen LogP contribution is 2.32. The molecule has 0 aliphatic rings. The van der Waals surface area contributed by atoms with E-state index in [-0.39, 0.29) is 5.56 Å². The minimum absolute atomic E-state index is 0.314. The lowest BCUT2D eigenvalue weighted by molar-refractivity contribution is -0.141. The zero-order valence-corrected chi connectivity index (χ0v) is 14.3. The lowest BCUT2D eigenvalue weighted by Crippen LogP contribution is -2.33. The molecule has 0 bridgehead atoms. The number of carboxylic acid groups (broad SMARTS) is 1. The molecule has 0 spiro atoms. The van der Waals surface area contributed by atoms with Crippen molar-refractivity contribution >= 4 is 27.5 Å². The maximum Gasteiger partial charge on any atom is 0.326 e. The molecule has 126 valence electrons. The highest BCUT2D eigenvalue weighted by molar-refractivity contribution is 7.17. The first-order valence-electron chi connectivity index (χ1n) is 7.87. The molecule has 6 nitrogen and oxygen atoms in total. The molecule has 1 N–H and O–H groups in total. The third kappa shape index (κ3) is 2.65. The van der Waals surface area contributed by atoms with E-state index in [1.165, 1.54) is 15.9 Å². The van der Waals surface area contributed by atoms with E-state index in [4.69, 9.17) is 4.42 Å². The Kier molecular flexibility index (Phi) is 4.53. The predicted octanol–water partition coefficient (Wildman–Crippen LogP) is 3.71. The van der Waals surface area contributed by atoms with Crippen molar-refractivity contribution in [3.8, 4) is 11.3 Å². The Balaban J connectivity index is 2.33. The van der Waals surface area contributed by atoms with E-state index in [1.54, 1.807) is 25.3 Å². The first-order valence-corrected chi connectivity index (χ1v) is 8.75. The minimum Gasteiger partial charge on any atom is -0.480 e. The zero-order chi connectivity index (χ0) is 17.3. The van der Waals surface area contributed by atoms with Gasteiger partial charge in [-0.15, -0.1) is 11.3 Å². The molecule has 3 aromatic heterocycles. The number of carboxylic acids is 1. The summed E-state index contributed by atoms with van der Waals surface area (Å²) >= 11 is 1.37. The van der Waals surface area contributed by atoms with E-state index in [9.17, 15) is 14.7 Å². The van der Waals surface area contributed by atoms with E-state index in [0.717, 1.165) is 6.42 Å². The quantitative estimate of drug-likeness (QED) is 0.735. The van der Waals surface area contributed by atoms with E-state index in [1.807, 2.05) is 12.3 Å². The van der Waals surface area contributed by atoms with Crippen molar-refractivity contribution in [1.29, 1.82) is 0 Å². The Morgan fingerprint density at radius 3 is 2.83 bits per heavy atom. The van der Waals surface area contributed by atoms with Crippen LogP contribution in [-0.4, -0.2) is 20.6 Å². The molecule has 0 aliphatic carbocycles. The van der Waals surface area contributed by atoms with Gasteiger partial charge in [0.15, 0.2) is 0 Å². The van der Waals surface area contributed by atoms with Crippen molar-refractivity contribution in [3.63, 3.8) is 0 Å². The van der Waals surface area contributed by atoms with Crippen LogP contribution in [0.4, 0.5) is 0 Å². The molecule has 7 heteroatoms. The molecule has 0 fully saturated rings. The molecule has 24 heavy (non-hydrogen) atoms. The topological polar surface area (TPSA) is 85.3 Å². The van der Waals surface area contributed by atoms with Gasteiger partial charge in [-0.1, -0.05) is 13.8 Å². The van der Waals surface area contributed by atoms with Crippen LogP contribution >= 0.6 is 11.3 Å². The molecule has 0 radical (unpaired) electrons. The van der Waals surface area contributed by atoms with Crippen LogP contribution in [0.1, 0.15) is 38.6 Å². The summed E-state index contributed by atoms with van der Waals surface area (Å²) in [6, 6.07) is 2.61. The van der Waals surface area contributed by atoms with Crippen LogP contribution in [0.15, 0.2) is 33.0 Å². The summed E-state index contributed by atoms with van der Waals surface area (Å²) < 4.78 is 6.75. The Labute approximate surface area is 142 Å². The largest absolute Gasteiger partial charge is 0.480 e. The Bertz CT molecular complexity index is 924. The van der Waals surface area contributed by atoms with Gasteiger partial charge >= 0.3 is 5.97 Å². The first-order chi connectivity index (χ1) is 11.6. The van der Waals surface area contributed by atoms with Crippen molar-refractivity contribution in [2.24, 2.45) is 0 Å². The van der Waals surface area contributed by atoms with Crippen LogP contribution in [-0.2, 0) is 11.2 Å². The van der Waals surface area contributed by atoms with Crippen LogP contribution in [0.5, 0.6) is 0 Å². The Hall–Kier alpha value is -2.41. The van der Waals surface area contributed by atoms with Crippen molar-refractivity contribution in [2.45, 2.75) is 39.2 Å². The summed E-state index contributed by atoms with van der Waals surface area (Å²) in [6.07, 6.45) is 3.20. The number of carbonyl (C=O) groups is 1. The lowest BCUT2D eigenvalue weighted by Gasteiger charge is -2.18. The van der Waals surface area contributed by atoms with E-state index in [0.29, 0.717) is 40.2 Å². The second-order valence-electron chi connectivity index (χ2n) is 5.52. The van der Waals surface area contributed by atoms with Crippen LogP contribution in [0, 0.1) is 0 Å². The average Bonchev–Trinajstić information content (AvgIpc) is 3.19. The summed E-state index contributed by atoms with van der Waals surface area (Å²) in [7, 11) is 0. The maximum atomic E-state index is 13.1. The van der Waals surface area contributed by atoms with Crippen molar-refractivity contribution < 1.29 is 14.3 Å². The number of thiophene rings is 1. The summed E-state index contributed by atoms with van der Waals surface area (Å²) in [5.74, 6) is 0.0864. The molecule has 0 aromatic carbocycles. The Morgan fingerprint density at radius 1 is 1.46 bits per heavy atom. The molecule has 3 aromatic rings. The third-order valence-electron chi connectivity index (χ3n) is 3.96. The third-order valence-corrected chi connectivity index (χ3v) is 4.83. The SMILES string of the molecule is CCCc1nc2scc(-c3ccco3)c2c(=O)n1C(CC)C(=O)O. The van der Waals surface area contributed by atoms with E-state index >= 15 is 0 Å². The molecule has 0 amide bonds. The Morgan fingerprint density at radius 2 is 2.25 bits per heavy atom. The number of aryl methyl sites for hydroxylation is 1. The van der Waals surface area contributed by atoms with Crippen LogP contribution in [0.2, 0.25) is 0 Å². The fraction of sp³-hybridized carbons (Fsp3) is 0.353.